The minimum Gasteiger partial charge on any atom is -0.506 e. The van der Waals surface area contributed by atoms with Crippen LogP contribution >= 0.6 is 27.5 Å². The molecule has 1 saturated heterocycles. The second-order valence-electron chi connectivity index (χ2n) is 4.28. The number of amides is 3. The first-order chi connectivity index (χ1) is 10.3. The molecule has 0 unspecified atom stereocenters. The van der Waals surface area contributed by atoms with Crippen molar-refractivity contribution in [3.05, 3.63) is 32.9 Å². The van der Waals surface area contributed by atoms with E-state index in [1.54, 1.807) is 0 Å². The predicted molar refractivity (Wildman–Crippen MR) is 81.1 cm³/mol. The SMILES string of the molecule is COC(=O)CN1C(=O)NC(=Cc2cc(Cl)cc(Br)c2O)C1=O. The summed E-state index contributed by atoms with van der Waals surface area (Å²) in [7, 11) is 1.15. The van der Waals surface area contributed by atoms with Crippen molar-refractivity contribution in [1.82, 2.24) is 10.2 Å². The summed E-state index contributed by atoms with van der Waals surface area (Å²) in [5.74, 6) is -1.56. The van der Waals surface area contributed by atoms with E-state index in [-0.39, 0.29) is 17.0 Å². The normalized spacial score (nSPS) is 16.1. The average Bonchev–Trinajstić information content (AvgIpc) is 2.71. The van der Waals surface area contributed by atoms with Crippen LogP contribution in [0.25, 0.3) is 6.08 Å². The average molecular weight is 390 g/mol. The molecule has 7 nitrogen and oxygen atoms in total. The molecule has 1 fully saturated rings. The maximum absolute atomic E-state index is 12.1. The van der Waals surface area contributed by atoms with Gasteiger partial charge in [0.25, 0.3) is 5.91 Å². The fourth-order valence-corrected chi connectivity index (χ4v) is 2.59. The molecule has 1 aliphatic heterocycles. The second kappa shape index (κ2) is 6.37. The molecule has 0 atom stereocenters. The number of nitrogens with one attached hydrogen (secondary N) is 1. The van der Waals surface area contributed by atoms with Crippen LogP contribution in [0.1, 0.15) is 5.56 Å². The number of hydrogen-bond acceptors (Lipinski definition) is 5. The van der Waals surface area contributed by atoms with E-state index >= 15 is 0 Å². The molecular formula is C13H10BrClN2O5. The lowest BCUT2D eigenvalue weighted by molar-refractivity contribution is -0.143. The third-order valence-electron chi connectivity index (χ3n) is 2.83. The number of hydrogen-bond donors (Lipinski definition) is 2. The maximum atomic E-state index is 12.1. The van der Waals surface area contributed by atoms with Gasteiger partial charge in [0, 0.05) is 10.6 Å². The van der Waals surface area contributed by atoms with Crippen LogP contribution in [0.3, 0.4) is 0 Å². The van der Waals surface area contributed by atoms with E-state index in [0.717, 1.165) is 7.11 Å². The Morgan fingerprint density at radius 3 is 2.82 bits per heavy atom. The van der Waals surface area contributed by atoms with Crippen LogP contribution in [-0.4, -0.2) is 41.6 Å². The zero-order chi connectivity index (χ0) is 16.4. The van der Waals surface area contributed by atoms with E-state index in [4.69, 9.17) is 11.6 Å². The summed E-state index contributed by atoms with van der Waals surface area (Å²) in [5, 5.41) is 12.6. The molecule has 0 radical (unpaired) electrons. The smallest absolute Gasteiger partial charge is 0.329 e. The number of aromatic hydroxyl groups is 1. The standard InChI is InChI=1S/C13H10BrClN2O5/c1-22-10(18)5-17-12(20)9(16-13(17)21)3-6-2-7(15)4-8(14)11(6)19/h2-4,19H,5H2,1H3,(H,16,21). The van der Waals surface area contributed by atoms with Gasteiger partial charge in [-0.05, 0) is 34.1 Å². The quantitative estimate of drug-likeness (QED) is 0.467. The van der Waals surface area contributed by atoms with Crippen molar-refractivity contribution in [1.29, 1.82) is 0 Å². The molecule has 3 amide bonds. The predicted octanol–water partition coefficient (Wildman–Crippen LogP) is 1.87. The van der Waals surface area contributed by atoms with Crippen molar-refractivity contribution in [3.8, 4) is 5.75 Å². The Balaban J connectivity index is 2.33. The van der Waals surface area contributed by atoms with E-state index in [0.29, 0.717) is 14.4 Å². The lowest BCUT2D eigenvalue weighted by atomic mass is 10.1. The van der Waals surface area contributed by atoms with Gasteiger partial charge in [0.15, 0.2) is 0 Å². The van der Waals surface area contributed by atoms with E-state index in [9.17, 15) is 19.5 Å². The summed E-state index contributed by atoms with van der Waals surface area (Å²) in [6.07, 6.45) is 1.27. The monoisotopic (exact) mass is 388 g/mol. The molecule has 1 aliphatic rings. The molecule has 2 N–H and O–H groups in total. The third kappa shape index (κ3) is 3.23. The summed E-state index contributed by atoms with van der Waals surface area (Å²) in [6.45, 7) is -0.496. The Hall–Kier alpha value is -2.06. The number of methoxy groups -OCH3 is 1. The third-order valence-corrected chi connectivity index (χ3v) is 3.66. The summed E-state index contributed by atoms with van der Waals surface area (Å²) >= 11 is 8.99. The highest BCUT2D eigenvalue weighted by Gasteiger charge is 2.35. The van der Waals surface area contributed by atoms with Crippen LogP contribution < -0.4 is 5.32 Å². The number of phenols is 1. The number of halogens is 2. The molecule has 22 heavy (non-hydrogen) atoms. The highest BCUT2D eigenvalue weighted by Crippen LogP contribution is 2.33. The number of phenolic OH excluding ortho intramolecular Hbond substituents is 1. The van der Waals surface area contributed by atoms with E-state index in [2.05, 4.69) is 26.0 Å². The Morgan fingerprint density at radius 2 is 2.18 bits per heavy atom. The molecule has 2 rings (SSSR count). The Bertz CT molecular complexity index is 704. The second-order valence-corrected chi connectivity index (χ2v) is 5.57. The number of carbonyl (C=O) groups is 3. The van der Waals surface area contributed by atoms with Gasteiger partial charge in [-0.1, -0.05) is 11.6 Å². The number of esters is 1. The van der Waals surface area contributed by atoms with Gasteiger partial charge in [0.05, 0.1) is 11.6 Å². The molecule has 0 aliphatic carbocycles. The van der Waals surface area contributed by atoms with Crippen molar-refractivity contribution >= 4 is 51.5 Å². The Kier molecular flexibility index (Phi) is 4.72. The van der Waals surface area contributed by atoms with E-state index in [1.807, 2.05) is 0 Å². The number of rotatable bonds is 3. The molecule has 9 heteroatoms. The van der Waals surface area contributed by atoms with Gasteiger partial charge in [-0.15, -0.1) is 0 Å². The fraction of sp³-hybridized carbons (Fsp3) is 0.154. The summed E-state index contributed by atoms with van der Waals surface area (Å²) < 4.78 is 4.76. The van der Waals surface area contributed by atoms with Gasteiger partial charge in [0.2, 0.25) is 0 Å². The zero-order valence-electron chi connectivity index (χ0n) is 11.2. The van der Waals surface area contributed by atoms with Gasteiger partial charge in [-0.2, -0.15) is 0 Å². The van der Waals surface area contributed by atoms with Gasteiger partial charge >= 0.3 is 12.0 Å². The topological polar surface area (TPSA) is 95.9 Å². The number of urea groups is 1. The summed E-state index contributed by atoms with van der Waals surface area (Å²) in [5.41, 5.74) is 0.154. The first-order valence-electron chi connectivity index (χ1n) is 5.93. The van der Waals surface area contributed by atoms with E-state index < -0.39 is 24.5 Å². The molecule has 0 aromatic heterocycles. The molecule has 0 saturated carbocycles. The van der Waals surface area contributed by atoms with Gasteiger partial charge in [-0.25, -0.2) is 9.69 Å². The van der Waals surface area contributed by atoms with Crippen molar-refractivity contribution in [2.45, 2.75) is 0 Å². The van der Waals surface area contributed by atoms with Crippen molar-refractivity contribution in [2.75, 3.05) is 13.7 Å². The first-order valence-corrected chi connectivity index (χ1v) is 7.10. The molecule has 1 aromatic carbocycles. The number of nitrogens with zero attached hydrogens (tertiary/aromatic N) is 1. The maximum Gasteiger partial charge on any atom is 0.329 e. The van der Waals surface area contributed by atoms with Gasteiger partial charge in [-0.3, -0.25) is 9.59 Å². The lowest BCUT2D eigenvalue weighted by Crippen LogP contribution is -2.36. The van der Waals surface area contributed by atoms with E-state index in [1.165, 1.54) is 18.2 Å². The minimum atomic E-state index is -0.748. The Morgan fingerprint density at radius 1 is 1.50 bits per heavy atom. The fourth-order valence-electron chi connectivity index (χ4n) is 1.76. The number of ether oxygens (including phenoxy) is 1. The van der Waals surface area contributed by atoms with Crippen molar-refractivity contribution < 1.29 is 24.2 Å². The lowest BCUT2D eigenvalue weighted by Gasteiger charge is -2.09. The number of carbonyl (C=O) groups excluding carboxylic acids is 3. The summed E-state index contributed by atoms with van der Waals surface area (Å²) in [6, 6.07) is 2.16. The van der Waals surface area contributed by atoms with Gasteiger partial charge in [0.1, 0.15) is 18.0 Å². The first kappa shape index (κ1) is 16.3. The van der Waals surface area contributed by atoms with Crippen LogP contribution in [0.5, 0.6) is 5.75 Å². The van der Waals surface area contributed by atoms with Crippen LogP contribution in [0, 0.1) is 0 Å². The Labute approximate surface area is 138 Å². The highest BCUT2D eigenvalue weighted by molar-refractivity contribution is 9.10. The van der Waals surface area contributed by atoms with Crippen molar-refractivity contribution in [3.63, 3.8) is 0 Å². The van der Waals surface area contributed by atoms with Crippen LogP contribution in [-0.2, 0) is 14.3 Å². The molecule has 116 valence electrons. The molecule has 0 spiro atoms. The van der Waals surface area contributed by atoms with Crippen LogP contribution in [0.15, 0.2) is 22.3 Å². The zero-order valence-corrected chi connectivity index (χ0v) is 13.6. The van der Waals surface area contributed by atoms with Gasteiger partial charge < -0.3 is 15.2 Å². The molecular weight excluding hydrogens is 380 g/mol. The highest BCUT2D eigenvalue weighted by atomic mass is 79.9. The van der Waals surface area contributed by atoms with Crippen LogP contribution in [0.4, 0.5) is 4.79 Å². The molecule has 0 bridgehead atoms. The molecule has 1 aromatic rings. The summed E-state index contributed by atoms with van der Waals surface area (Å²) in [4.78, 5) is 35.7. The molecule has 1 heterocycles. The van der Waals surface area contributed by atoms with Crippen molar-refractivity contribution in [2.24, 2.45) is 0 Å². The number of imide groups is 1. The number of benzene rings is 1. The largest absolute Gasteiger partial charge is 0.506 e. The van der Waals surface area contributed by atoms with Crippen LogP contribution in [0.2, 0.25) is 5.02 Å². The minimum absolute atomic E-state index is 0.0848.